The van der Waals surface area contributed by atoms with Gasteiger partial charge in [0.2, 0.25) is 0 Å². The Hall–Kier alpha value is -1.39. The molecule has 3 heterocycles. The number of aromatic nitrogens is 3. The van der Waals surface area contributed by atoms with Crippen LogP contribution in [-0.2, 0) is 6.54 Å². The maximum Gasteiger partial charge on any atom is 0.0785 e. The van der Waals surface area contributed by atoms with Crippen molar-refractivity contribution in [3.8, 4) is 0 Å². The molecule has 2 aromatic heterocycles. The number of likely N-dealkylation sites (tertiary alicyclic amines) is 1. The first-order valence-electron chi connectivity index (χ1n) is 7.04. The van der Waals surface area contributed by atoms with Gasteiger partial charge >= 0.3 is 0 Å². The molecule has 0 aromatic carbocycles. The Bertz CT molecular complexity index is 573. The van der Waals surface area contributed by atoms with E-state index in [4.69, 9.17) is 11.6 Å². The van der Waals surface area contributed by atoms with Gasteiger partial charge in [-0.25, -0.2) is 0 Å². The lowest BCUT2D eigenvalue weighted by Gasteiger charge is -2.32. The van der Waals surface area contributed by atoms with Crippen LogP contribution in [0.4, 0.5) is 0 Å². The van der Waals surface area contributed by atoms with Crippen LogP contribution in [0.2, 0.25) is 5.02 Å². The summed E-state index contributed by atoms with van der Waals surface area (Å²) in [6, 6.07) is 2.60. The molecule has 1 fully saturated rings. The molecule has 1 aliphatic heterocycles. The largest absolute Gasteiger partial charge is 0.299 e. The monoisotopic (exact) mass is 290 g/mol. The first-order chi connectivity index (χ1) is 9.72. The fourth-order valence-electron chi connectivity index (χ4n) is 2.78. The van der Waals surface area contributed by atoms with Crippen LogP contribution in [0, 0.1) is 6.92 Å². The van der Waals surface area contributed by atoms with E-state index in [1.807, 2.05) is 23.3 Å². The van der Waals surface area contributed by atoms with E-state index in [0.29, 0.717) is 6.04 Å². The van der Waals surface area contributed by atoms with Crippen LogP contribution in [0.1, 0.15) is 30.0 Å². The molecule has 4 nitrogen and oxygen atoms in total. The maximum absolute atomic E-state index is 5.93. The van der Waals surface area contributed by atoms with Crippen molar-refractivity contribution in [2.75, 3.05) is 13.1 Å². The molecule has 0 radical (unpaired) electrons. The van der Waals surface area contributed by atoms with Crippen LogP contribution >= 0.6 is 11.6 Å². The third-order valence-corrected chi connectivity index (χ3v) is 4.23. The summed E-state index contributed by atoms with van der Waals surface area (Å²) in [5.74, 6) is 0. The topological polar surface area (TPSA) is 34.0 Å². The van der Waals surface area contributed by atoms with Crippen LogP contribution in [-0.4, -0.2) is 32.8 Å². The van der Waals surface area contributed by atoms with E-state index in [2.05, 4.69) is 28.0 Å². The van der Waals surface area contributed by atoms with Gasteiger partial charge in [0, 0.05) is 38.2 Å². The minimum atomic E-state index is 0.484. The first kappa shape index (κ1) is 13.6. The highest BCUT2D eigenvalue weighted by molar-refractivity contribution is 6.30. The number of hydrogen-bond donors (Lipinski definition) is 0. The predicted octanol–water partition coefficient (Wildman–Crippen LogP) is 3.08. The molecule has 0 N–H and O–H groups in total. The summed E-state index contributed by atoms with van der Waals surface area (Å²) in [4.78, 5) is 6.65. The number of halogens is 1. The average molecular weight is 291 g/mol. The lowest BCUT2D eigenvalue weighted by Crippen LogP contribution is -2.34. The van der Waals surface area contributed by atoms with Gasteiger partial charge in [0.05, 0.1) is 17.3 Å². The van der Waals surface area contributed by atoms with Crippen molar-refractivity contribution < 1.29 is 0 Å². The van der Waals surface area contributed by atoms with E-state index in [0.717, 1.165) is 37.5 Å². The quantitative estimate of drug-likeness (QED) is 0.871. The van der Waals surface area contributed by atoms with Crippen molar-refractivity contribution in [2.24, 2.45) is 0 Å². The third-order valence-electron chi connectivity index (χ3n) is 4.03. The number of nitrogens with zero attached hydrogens (tertiary/aromatic N) is 4. The summed E-state index contributed by atoms with van der Waals surface area (Å²) in [5.41, 5.74) is 2.65. The summed E-state index contributed by atoms with van der Waals surface area (Å²) in [7, 11) is 0. The van der Waals surface area contributed by atoms with E-state index in [9.17, 15) is 0 Å². The van der Waals surface area contributed by atoms with Crippen molar-refractivity contribution in [3.05, 3.63) is 47.0 Å². The molecule has 106 valence electrons. The Labute approximate surface area is 124 Å². The van der Waals surface area contributed by atoms with Crippen LogP contribution in [0.5, 0.6) is 0 Å². The first-order valence-corrected chi connectivity index (χ1v) is 7.41. The molecule has 20 heavy (non-hydrogen) atoms. The molecule has 2 aromatic rings. The van der Waals surface area contributed by atoms with Gasteiger partial charge in [-0.3, -0.25) is 14.6 Å². The standard InChI is InChI=1S/C15H19ClN4/c1-12-8-17-5-2-13(12)10-19-6-3-15(4-7-19)20-11-14(16)9-18-20/h2,5,8-9,11,15H,3-4,6-7,10H2,1H3. The van der Waals surface area contributed by atoms with E-state index in [1.165, 1.54) is 11.1 Å². The molecule has 3 rings (SSSR count). The second-order valence-corrected chi connectivity index (χ2v) is 5.88. The highest BCUT2D eigenvalue weighted by atomic mass is 35.5. The van der Waals surface area contributed by atoms with Crippen molar-refractivity contribution in [1.29, 1.82) is 0 Å². The molecule has 0 saturated carbocycles. The molecular formula is C15H19ClN4. The van der Waals surface area contributed by atoms with Crippen LogP contribution in [0.15, 0.2) is 30.9 Å². The molecule has 0 unspecified atom stereocenters. The second kappa shape index (κ2) is 5.94. The Morgan fingerprint density at radius 2 is 2.10 bits per heavy atom. The zero-order chi connectivity index (χ0) is 13.9. The minimum Gasteiger partial charge on any atom is -0.299 e. The fraction of sp³-hybridized carbons (Fsp3) is 0.467. The van der Waals surface area contributed by atoms with Gasteiger partial charge in [0.15, 0.2) is 0 Å². The van der Waals surface area contributed by atoms with Gasteiger partial charge in [-0.2, -0.15) is 5.10 Å². The van der Waals surface area contributed by atoms with Crippen LogP contribution in [0.3, 0.4) is 0 Å². The minimum absolute atomic E-state index is 0.484. The number of rotatable bonds is 3. The van der Waals surface area contributed by atoms with E-state index in [-0.39, 0.29) is 0 Å². The molecule has 0 amide bonds. The zero-order valence-electron chi connectivity index (χ0n) is 11.7. The van der Waals surface area contributed by atoms with E-state index >= 15 is 0 Å². The van der Waals surface area contributed by atoms with Crippen molar-refractivity contribution >= 4 is 11.6 Å². The van der Waals surface area contributed by atoms with Crippen molar-refractivity contribution in [1.82, 2.24) is 19.7 Å². The third kappa shape index (κ3) is 3.02. The SMILES string of the molecule is Cc1cnccc1CN1CCC(n2cc(Cl)cn2)CC1. The summed E-state index contributed by atoms with van der Waals surface area (Å²) in [6.07, 6.45) is 9.71. The normalized spacial score (nSPS) is 17.5. The number of pyridine rings is 1. The lowest BCUT2D eigenvalue weighted by atomic mass is 10.0. The van der Waals surface area contributed by atoms with Crippen molar-refractivity contribution in [2.45, 2.75) is 32.4 Å². The number of aryl methyl sites for hydroxylation is 1. The molecule has 0 atom stereocenters. The van der Waals surface area contributed by atoms with Gasteiger partial charge in [0.25, 0.3) is 0 Å². The summed E-state index contributed by atoms with van der Waals surface area (Å²) in [5, 5.41) is 5.04. The Morgan fingerprint density at radius 3 is 2.75 bits per heavy atom. The Morgan fingerprint density at radius 1 is 1.30 bits per heavy atom. The zero-order valence-corrected chi connectivity index (χ0v) is 12.4. The summed E-state index contributed by atoms with van der Waals surface area (Å²) < 4.78 is 2.01. The lowest BCUT2D eigenvalue weighted by molar-refractivity contribution is 0.173. The van der Waals surface area contributed by atoms with E-state index < -0.39 is 0 Å². The molecule has 0 aliphatic carbocycles. The maximum atomic E-state index is 5.93. The Balaban J connectivity index is 1.58. The second-order valence-electron chi connectivity index (χ2n) is 5.45. The Kier molecular flexibility index (Phi) is 4.03. The number of piperidine rings is 1. The highest BCUT2D eigenvalue weighted by Gasteiger charge is 2.21. The molecular weight excluding hydrogens is 272 g/mol. The van der Waals surface area contributed by atoms with Gasteiger partial charge in [-0.15, -0.1) is 0 Å². The summed E-state index contributed by atoms with van der Waals surface area (Å²) in [6.45, 7) is 5.34. The number of hydrogen-bond acceptors (Lipinski definition) is 3. The molecule has 0 bridgehead atoms. The smallest absolute Gasteiger partial charge is 0.0785 e. The van der Waals surface area contributed by atoms with Crippen LogP contribution < -0.4 is 0 Å². The molecule has 5 heteroatoms. The molecule has 1 saturated heterocycles. The van der Waals surface area contributed by atoms with Gasteiger partial charge in [0.1, 0.15) is 0 Å². The van der Waals surface area contributed by atoms with Gasteiger partial charge in [-0.1, -0.05) is 11.6 Å². The van der Waals surface area contributed by atoms with Gasteiger partial charge < -0.3 is 0 Å². The molecule has 0 spiro atoms. The average Bonchev–Trinajstić information content (AvgIpc) is 2.89. The van der Waals surface area contributed by atoms with Crippen LogP contribution in [0.25, 0.3) is 0 Å². The van der Waals surface area contributed by atoms with E-state index in [1.54, 1.807) is 6.20 Å². The molecule has 1 aliphatic rings. The predicted molar refractivity (Wildman–Crippen MR) is 79.8 cm³/mol. The fourth-order valence-corrected chi connectivity index (χ4v) is 2.92. The summed E-state index contributed by atoms with van der Waals surface area (Å²) >= 11 is 5.93. The van der Waals surface area contributed by atoms with Gasteiger partial charge in [-0.05, 0) is 37.0 Å². The van der Waals surface area contributed by atoms with Crippen molar-refractivity contribution in [3.63, 3.8) is 0 Å². The highest BCUT2D eigenvalue weighted by Crippen LogP contribution is 2.24.